The third kappa shape index (κ3) is 4.13. The van der Waals surface area contributed by atoms with E-state index in [9.17, 15) is 19.6 Å². The summed E-state index contributed by atoms with van der Waals surface area (Å²) in [5, 5.41) is 27.0. The molecule has 34 heavy (non-hydrogen) atoms. The minimum Gasteiger partial charge on any atom is -0.391 e. The Bertz CT molecular complexity index is 1260. The maximum Gasteiger partial charge on any atom is 0.255 e. The molecule has 2 aliphatic heterocycles. The van der Waals surface area contributed by atoms with Crippen LogP contribution >= 0.6 is 0 Å². The third-order valence-electron chi connectivity index (χ3n) is 6.08. The minimum atomic E-state index is -0.558. The van der Waals surface area contributed by atoms with Gasteiger partial charge in [-0.15, -0.1) is 0 Å². The van der Waals surface area contributed by atoms with Crippen molar-refractivity contribution in [2.45, 2.75) is 52.3 Å². The summed E-state index contributed by atoms with van der Waals surface area (Å²) in [7, 11) is 0. The van der Waals surface area contributed by atoms with Crippen molar-refractivity contribution in [3.63, 3.8) is 0 Å². The molecule has 2 N–H and O–H groups in total. The van der Waals surface area contributed by atoms with Crippen molar-refractivity contribution in [1.82, 2.24) is 20.1 Å². The molecule has 0 spiro atoms. The number of aliphatic hydroxyl groups excluding tert-OH is 1. The number of hydrogen-bond acceptors (Lipinski definition) is 6. The van der Waals surface area contributed by atoms with E-state index in [1.165, 1.54) is 18.2 Å². The summed E-state index contributed by atoms with van der Waals surface area (Å²) in [5.74, 6) is -0.149. The summed E-state index contributed by atoms with van der Waals surface area (Å²) in [6.45, 7) is 6.79. The van der Waals surface area contributed by atoms with E-state index in [0.29, 0.717) is 29.3 Å². The maximum absolute atomic E-state index is 14.7. The van der Waals surface area contributed by atoms with E-state index in [-0.39, 0.29) is 35.3 Å². The molecule has 4 heterocycles. The molecule has 2 aromatic heterocycles. The number of amides is 1. The van der Waals surface area contributed by atoms with Gasteiger partial charge in [0.1, 0.15) is 5.82 Å². The van der Waals surface area contributed by atoms with Crippen molar-refractivity contribution in [3.8, 4) is 23.0 Å². The number of nitriles is 1. The topological polar surface area (TPSA) is 107 Å². The predicted octanol–water partition coefficient (Wildman–Crippen LogP) is 3.56. The number of nitrogens with one attached hydrogen (secondary N) is 1. The lowest BCUT2D eigenvalue weighted by Gasteiger charge is -2.36. The fourth-order valence-corrected chi connectivity index (χ4v) is 4.41. The minimum absolute atomic E-state index is 0.0959. The highest BCUT2D eigenvalue weighted by Gasteiger charge is 2.29. The molecule has 0 bridgehead atoms. The highest BCUT2D eigenvalue weighted by Crippen LogP contribution is 2.32. The number of β-amino-alcohol motifs (C(OH)–C–C–N with tert-alkyl or cyclic N) is 1. The Morgan fingerprint density at radius 3 is 2.79 bits per heavy atom. The molecule has 2 atom stereocenters. The van der Waals surface area contributed by atoms with Crippen LogP contribution in [0, 0.1) is 17.1 Å². The Kier molecular flexibility index (Phi) is 6.61. The van der Waals surface area contributed by atoms with Gasteiger partial charge in [0.05, 0.1) is 52.5 Å². The van der Waals surface area contributed by atoms with E-state index in [2.05, 4.69) is 22.3 Å². The number of fused-ring (bicyclic) bond motifs is 1. The average Bonchev–Trinajstić information content (AvgIpc) is 3.48. The fourth-order valence-electron chi connectivity index (χ4n) is 4.41. The summed E-state index contributed by atoms with van der Waals surface area (Å²) in [4.78, 5) is 19.1. The first-order valence-corrected chi connectivity index (χ1v) is 11.5. The van der Waals surface area contributed by atoms with E-state index in [4.69, 9.17) is 0 Å². The van der Waals surface area contributed by atoms with E-state index < -0.39 is 11.9 Å². The van der Waals surface area contributed by atoms with Gasteiger partial charge in [-0.3, -0.25) is 4.79 Å². The average molecular weight is 463 g/mol. The highest BCUT2D eigenvalue weighted by molar-refractivity contribution is 6.01. The van der Waals surface area contributed by atoms with Crippen LogP contribution in [0.5, 0.6) is 0 Å². The SMILES string of the molecule is CC.CC1CCC(O)CN1c1ccn(-c2cc(-c3c(F)cccc3C#N)nc3c2C(=O)NC3)n1. The zero-order chi connectivity index (χ0) is 24.4. The Morgan fingerprint density at radius 1 is 1.24 bits per heavy atom. The monoisotopic (exact) mass is 462 g/mol. The lowest BCUT2D eigenvalue weighted by atomic mass is 10.0. The van der Waals surface area contributed by atoms with Gasteiger partial charge in [-0.25, -0.2) is 14.1 Å². The van der Waals surface area contributed by atoms with Gasteiger partial charge in [-0.1, -0.05) is 19.9 Å². The van der Waals surface area contributed by atoms with Gasteiger partial charge in [-0.2, -0.15) is 10.4 Å². The Labute approximate surface area is 197 Å². The lowest BCUT2D eigenvalue weighted by Crippen LogP contribution is -2.44. The first-order chi connectivity index (χ1) is 16.5. The molecule has 176 valence electrons. The van der Waals surface area contributed by atoms with Crippen LogP contribution in [0.3, 0.4) is 0 Å². The molecule has 1 fully saturated rings. The van der Waals surface area contributed by atoms with Gasteiger partial charge in [0.25, 0.3) is 5.91 Å². The van der Waals surface area contributed by atoms with Gasteiger partial charge in [-0.05, 0) is 38.0 Å². The first-order valence-electron chi connectivity index (χ1n) is 11.5. The van der Waals surface area contributed by atoms with Crippen molar-refractivity contribution >= 4 is 11.7 Å². The molecule has 5 rings (SSSR count). The molecule has 3 aromatic rings. The highest BCUT2D eigenvalue weighted by atomic mass is 19.1. The second-order valence-electron chi connectivity index (χ2n) is 8.16. The summed E-state index contributed by atoms with van der Waals surface area (Å²) in [6, 6.07) is 9.95. The smallest absolute Gasteiger partial charge is 0.255 e. The van der Waals surface area contributed by atoms with Crippen molar-refractivity contribution in [3.05, 3.63) is 59.2 Å². The summed E-state index contributed by atoms with van der Waals surface area (Å²) >= 11 is 0. The number of rotatable bonds is 3. The molecule has 1 saturated heterocycles. The molecule has 8 nitrogen and oxygen atoms in total. The first kappa shape index (κ1) is 23.4. The Morgan fingerprint density at radius 2 is 2.03 bits per heavy atom. The normalized spacial score (nSPS) is 19.1. The van der Waals surface area contributed by atoms with Crippen LogP contribution < -0.4 is 10.2 Å². The molecular formula is C25H27FN6O2. The van der Waals surface area contributed by atoms with Gasteiger partial charge in [0, 0.05) is 24.8 Å². The largest absolute Gasteiger partial charge is 0.391 e. The van der Waals surface area contributed by atoms with E-state index >= 15 is 0 Å². The van der Waals surface area contributed by atoms with Crippen LogP contribution in [0.2, 0.25) is 0 Å². The zero-order valence-corrected chi connectivity index (χ0v) is 19.4. The van der Waals surface area contributed by atoms with Crippen molar-refractivity contribution in [2.24, 2.45) is 0 Å². The lowest BCUT2D eigenvalue weighted by molar-refractivity contribution is 0.0965. The molecule has 2 aliphatic rings. The predicted molar refractivity (Wildman–Crippen MR) is 126 cm³/mol. The third-order valence-corrected chi connectivity index (χ3v) is 6.08. The summed E-state index contributed by atoms with van der Waals surface area (Å²) in [5.41, 5.74) is 1.85. The quantitative estimate of drug-likeness (QED) is 0.616. The molecule has 0 saturated carbocycles. The zero-order valence-electron chi connectivity index (χ0n) is 19.4. The van der Waals surface area contributed by atoms with Crippen molar-refractivity contribution in [1.29, 1.82) is 5.26 Å². The van der Waals surface area contributed by atoms with E-state index in [0.717, 1.165) is 12.8 Å². The Hall–Kier alpha value is -3.77. The number of anilines is 1. The molecule has 2 unspecified atom stereocenters. The number of benzene rings is 1. The maximum atomic E-state index is 14.7. The van der Waals surface area contributed by atoms with Crippen LogP contribution in [0.15, 0.2) is 36.5 Å². The number of hydrogen-bond donors (Lipinski definition) is 2. The number of halogens is 1. The van der Waals surface area contributed by atoms with Gasteiger partial charge in [0.15, 0.2) is 5.82 Å². The number of carbonyl (C=O) groups is 1. The number of pyridine rings is 1. The number of nitrogens with zero attached hydrogens (tertiary/aromatic N) is 5. The van der Waals surface area contributed by atoms with Gasteiger partial charge < -0.3 is 15.3 Å². The summed E-state index contributed by atoms with van der Waals surface area (Å²) < 4.78 is 16.3. The second kappa shape index (κ2) is 9.61. The van der Waals surface area contributed by atoms with Crippen LogP contribution in [-0.2, 0) is 6.54 Å². The number of piperidine rings is 1. The molecule has 1 aromatic carbocycles. The van der Waals surface area contributed by atoms with Crippen LogP contribution in [0.25, 0.3) is 16.9 Å². The number of carbonyl (C=O) groups excluding carboxylic acids is 1. The fraction of sp³-hybridized carbons (Fsp3) is 0.360. The molecule has 0 radical (unpaired) electrons. The summed E-state index contributed by atoms with van der Waals surface area (Å²) in [6.07, 6.45) is 2.93. The second-order valence-corrected chi connectivity index (χ2v) is 8.16. The molecular weight excluding hydrogens is 435 g/mol. The van der Waals surface area contributed by atoms with Crippen LogP contribution in [0.1, 0.15) is 55.2 Å². The van der Waals surface area contributed by atoms with Crippen LogP contribution in [-0.4, -0.2) is 44.5 Å². The van der Waals surface area contributed by atoms with Gasteiger partial charge >= 0.3 is 0 Å². The molecule has 0 aliphatic carbocycles. The van der Waals surface area contributed by atoms with Crippen LogP contribution in [0.4, 0.5) is 10.2 Å². The van der Waals surface area contributed by atoms with E-state index in [1.54, 1.807) is 16.9 Å². The van der Waals surface area contributed by atoms with E-state index in [1.807, 2.05) is 30.9 Å². The molecule has 9 heteroatoms. The number of aliphatic hydroxyl groups is 1. The van der Waals surface area contributed by atoms with Crippen molar-refractivity contribution < 1.29 is 14.3 Å². The Balaban J connectivity index is 0.00000133. The standard InChI is InChI=1S/C23H21FN6O2.C2H6/c1-13-5-6-15(31)12-29(13)20-7-8-30(28-20)19-9-17(27-18-11-26-23(32)22(18)19)21-14(10-25)3-2-4-16(21)24;1-2/h2-4,7-9,13,15,31H,5-6,11-12H2,1H3,(H,26,32);1-2H3. The van der Waals surface area contributed by atoms with Gasteiger partial charge in [0.2, 0.25) is 0 Å². The number of aromatic nitrogens is 3. The van der Waals surface area contributed by atoms with Crippen molar-refractivity contribution in [2.75, 3.05) is 11.4 Å². The molecule has 1 amide bonds.